The minimum Gasteiger partial charge on any atom is -0.479 e. The Morgan fingerprint density at radius 1 is 1.09 bits per heavy atom. The number of hydrogen-bond donors (Lipinski definition) is 3. The fourth-order valence-electron chi connectivity index (χ4n) is 4.25. The van der Waals surface area contributed by atoms with Crippen molar-refractivity contribution < 1.29 is 33.8 Å². The highest BCUT2D eigenvalue weighted by Crippen LogP contribution is 2.44. The average Bonchev–Trinajstić information content (AvgIpc) is 3.42. The summed E-state index contributed by atoms with van der Waals surface area (Å²) >= 11 is 0. The molecule has 9 nitrogen and oxygen atoms in total. The summed E-state index contributed by atoms with van der Waals surface area (Å²) in [4.78, 5) is 40.3. The number of carbonyl (C=O) groups excluding carboxylic acids is 2. The lowest BCUT2D eigenvalue weighted by molar-refractivity contribution is -0.162. The molecule has 0 spiro atoms. The molecule has 3 atom stereocenters. The van der Waals surface area contributed by atoms with Crippen molar-refractivity contribution in [2.75, 3.05) is 19.8 Å². The molecule has 1 unspecified atom stereocenters. The number of hydrogen-bond acceptors (Lipinski definition) is 6. The van der Waals surface area contributed by atoms with Crippen LogP contribution in [0.15, 0.2) is 48.5 Å². The van der Waals surface area contributed by atoms with Crippen LogP contribution in [0.4, 0.5) is 4.79 Å². The van der Waals surface area contributed by atoms with Gasteiger partial charge in [-0.25, -0.2) is 15.1 Å². The Balaban J connectivity index is 1.28. The van der Waals surface area contributed by atoms with Gasteiger partial charge in [0.2, 0.25) is 0 Å². The van der Waals surface area contributed by atoms with E-state index in [1.54, 1.807) is 0 Å². The maximum atomic E-state index is 12.4. The van der Waals surface area contributed by atoms with Gasteiger partial charge in [0.05, 0.1) is 0 Å². The summed E-state index contributed by atoms with van der Waals surface area (Å²) < 4.78 is 11.0. The number of nitrogens with one attached hydrogen (secondary N) is 2. The third-order valence-electron chi connectivity index (χ3n) is 6.01. The molecule has 2 aromatic carbocycles. The fourth-order valence-corrected chi connectivity index (χ4v) is 4.25. The molecular formula is C24H26N2O7. The van der Waals surface area contributed by atoms with Crippen LogP contribution in [0, 0.1) is 5.92 Å². The van der Waals surface area contributed by atoms with Crippen molar-refractivity contribution in [3.63, 3.8) is 0 Å². The first-order chi connectivity index (χ1) is 16.0. The number of rotatable bonds is 8. The van der Waals surface area contributed by atoms with Gasteiger partial charge in [0.15, 0.2) is 6.10 Å². The molecule has 0 aromatic heterocycles. The summed E-state index contributed by atoms with van der Waals surface area (Å²) in [6.45, 7) is 2.03. The van der Waals surface area contributed by atoms with Crippen LogP contribution >= 0.6 is 0 Å². The minimum absolute atomic E-state index is 0.0372. The highest BCUT2D eigenvalue weighted by molar-refractivity contribution is 5.81. The standard InChI is InChI=1S/C24H26N2O7/c1-14(23(28)29)33-26-22(27)21-15(10-11-31-21)12-25-24(30)32-13-20-18-8-4-2-6-16(18)17-7-3-5-9-19(17)20/h2-9,14-15,20-21H,10-13H2,1H3,(H,25,30)(H,26,27)(H,28,29)/t14?,15-,21-/m0/s1. The Morgan fingerprint density at radius 3 is 2.36 bits per heavy atom. The number of aliphatic carboxylic acids is 1. The number of amides is 2. The minimum atomic E-state index is -1.20. The Kier molecular flexibility index (Phi) is 6.90. The van der Waals surface area contributed by atoms with Gasteiger partial charge in [-0.05, 0) is 35.6 Å². The molecule has 9 heteroatoms. The Hall–Kier alpha value is -3.43. The Labute approximate surface area is 191 Å². The molecule has 3 N–H and O–H groups in total. The van der Waals surface area contributed by atoms with Gasteiger partial charge in [0.1, 0.15) is 12.7 Å². The maximum absolute atomic E-state index is 12.4. The van der Waals surface area contributed by atoms with Gasteiger partial charge < -0.3 is 19.9 Å². The van der Waals surface area contributed by atoms with Crippen LogP contribution in [-0.4, -0.2) is 55.0 Å². The second kappa shape index (κ2) is 10.0. The van der Waals surface area contributed by atoms with Gasteiger partial charge in [-0.15, -0.1) is 0 Å². The average molecular weight is 454 g/mol. The van der Waals surface area contributed by atoms with Crippen LogP contribution in [0.3, 0.4) is 0 Å². The van der Waals surface area contributed by atoms with Crippen molar-refractivity contribution in [1.29, 1.82) is 0 Å². The zero-order valence-corrected chi connectivity index (χ0v) is 18.2. The van der Waals surface area contributed by atoms with Crippen LogP contribution in [0.5, 0.6) is 0 Å². The third kappa shape index (κ3) is 4.99. The summed E-state index contributed by atoms with van der Waals surface area (Å²) in [7, 11) is 0. The predicted molar refractivity (Wildman–Crippen MR) is 117 cm³/mol. The molecule has 0 saturated carbocycles. The number of ether oxygens (including phenoxy) is 2. The summed E-state index contributed by atoms with van der Waals surface area (Å²) in [6.07, 6.45) is -2.04. The smallest absolute Gasteiger partial charge is 0.407 e. The van der Waals surface area contributed by atoms with E-state index in [1.807, 2.05) is 36.4 Å². The lowest BCUT2D eigenvalue weighted by Gasteiger charge is -2.19. The molecular weight excluding hydrogens is 428 g/mol. The second-order valence-electron chi connectivity index (χ2n) is 8.11. The number of carboxylic acids is 1. The third-order valence-corrected chi connectivity index (χ3v) is 6.01. The molecule has 4 rings (SSSR count). The van der Waals surface area contributed by atoms with Gasteiger partial charge >= 0.3 is 12.1 Å². The fraction of sp³-hybridized carbons (Fsp3) is 0.375. The van der Waals surface area contributed by atoms with Crippen molar-refractivity contribution in [2.24, 2.45) is 5.92 Å². The van der Waals surface area contributed by atoms with E-state index in [0.29, 0.717) is 13.0 Å². The maximum Gasteiger partial charge on any atom is 0.407 e. The molecule has 1 aliphatic heterocycles. The zero-order valence-electron chi connectivity index (χ0n) is 18.2. The summed E-state index contributed by atoms with van der Waals surface area (Å²) in [5.74, 6) is -2.10. The SMILES string of the molecule is CC(ONC(=O)[C@H]1OCC[C@H]1CNC(=O)OCC1c2ccccc2-c2ccccc21)C(=O)O. The molecule has 2 amide bonds. The van der Waals surface area contributed by atoms with Gasteiger partial charge in [-0.3, -0.25) is 9.63 Å². The van der Waals surface area contributed by atoms with E-state index in [9.17, 15) is 14.4 Å². The van der Waals surface area contributed by atoms with Gasteiger partial charge in [0, 0.05) is 25.0 Å². The Bertz CT molecular complexity index is 995. The summed E-state index contributed by atoms with van der Waals surface area (Å²) in [6, 6.07) is 16.2. The molecule has 1 saturated heterocycles. The van der Waals surface area contributed by atoms with Crippen molar-refractivity contribution >= 4 is 18.0 Å². The molecule has 1 aliphatic carbocycles. The van der Waals surface area contributed by atoms with Crippen molar-refractivity contribution in [1.82, 2.24) is 10.8 Å². The number of benzene rings is 2. The van der Waals surface area contributed by atoms with Crippen molar-refractivity contribution in [3.05, 3.63) is 59.7 Å². The van der Waals surface area contributed by atoms with Crippen LogP contribution in [-0.2, 0) is 23.9 Å². The molecule has 2 aliphatic rings. The molecule has 174 valence electrons. The molecule has 0 bridgehead atoms. The number of hydroxylamine groups is 1. The van der Waals surface area contributed by atoms with Crippen molar-refractivity contribution in [2.45, 2.75) is 31.5 Å². The second-order valence-corrected chi connectivity index (χ2v) is 8.11. The van der Waals surface area contributed by atoms with E-state index in [-0.39, 0.29) is 25.0 Å². The molecule has 0 radical (unpaired) electrons. The van der Waals surface area contributed by atoms with Crippen LogP contribution < -0.4 is 10.8 Å². The topological polar surface area (TPSA) is 123 Å². The molecule has 33 heavy (non-hydrogen) atoms. The summed E-state index contributed by atoms with van der Waals surface area (Å²) in [5.41, 5.74) is 6.67. The molecule has 1 fully saturated rings. The van der Waals surface area contributed by atoms with E-state index in [4.69, 9.17) is 19.4 Å². The van der Waals surface area contributed by atoms with Crippen LogP contribution in [0.2, 0.25) is 0 Å². The van der Waals surface area contributed by atoms with Crippen LogP contribution in [0.25, 0.3) is 11.1 Å². The quantitative estimate of drug-likeness (QED) is 0.524. The summed E-state index contributed by atoms with van der Waals surface area (Å²) in [5, 5.41) is 11.5. The highest BCUT2D eigenvalue weighted by atomic mass is 16.7. The van der Waals surface area contributed by atoms with Gasteiger partial charge in [0.25, 0.3) is 5.91 Å². The molecule has 2 aromatic rings. The van der Waals surface area contributed by atoms with E-state index >= 15 is 0 Å². The van der Waals surface area contributed by atoms with Crippen LogP contribution in [0.1, 0.15) is 30.4 Å². The first-order valence-electron chi connectivity index (χ1n) is 10.8. The first-order valence-corrected chi connectivity index (χ1v) is 10.8. The van der Waals surface area contributed by atoms with Crippen molar-refractivity contribution in [3.8, 4) is 11.1 Å². The number of alkyl carbamates (subject to hydrolysis) is 1. The normalized spacial score (nSPS) is 19.9. The van der Waals surface area contributed by atoms with Gasteiger partial charge in [-0.2, -0.15) is 0 Å². The van der Waals surface area contributed by atoms with E-state index in [0.717, 1.165) is 22.3 Å². The number of carboxylic acid groups (broad SMARTS) is 1. The lowest BCUT2D eigenvalue weighted by atomic mass is 9.98. The van der Waals surface area contributed by atoms with E-state index < -0.39 is 30.2 Å². The monoisotopic (exact) mass is 454 g/mol. The molecule has 1 heterocycles. The highest BCUT2D eigenvalue weighted by Gasteiger charge is 2.35. The predicted octanol–water partition coefficient (Wildman–Crippen LogP) is 2.45. The first kappa shape index (κ1) is 22.8. The van der Waals surface area contributed by atoms with Gasteiger partial charge in [-0.1, -0.05) is 48.5 Å². The lowest BCUT2D eigenvalue weighted by Crippen LogP contribution is -2.44. The number of fused-ring (bicyclic) bond motifs is 3. The van der Waals surface area contributed by atoms with E-state index in [1.165, 1.54) is 6.92 Å². The number of carbonyl (C=O) groups is 3. The largest absolute Gasteiger partial charge is 0.479 e. The Morgan fingerprint density at radius 2 is 1.73 bits per heavy atom. The van der Waals surface area contributed by atoms with E-state index in [2.05, 4.69) is 22.9 Å². The zero-order chi connectivity index (χ0) is 23.4.